The number of halogens is 1. The van der Waals surface area contributed by atoms with Crippen LogP contribution in [0.4, 0.5) is 10.1 Å². The lowest BCUT2D eigenvalue weighted by molar-refractivity contribution is -0.130. The number of rotatable bonds is 8. The first-order chi connectivity index (χ1) is 12.7. The van der Waals surface area contributed by atoms with E-state index in [-0.39, 0.29) is 17.6 Å². The van der Waals surface area contributed by atoms with Crippen LogP contribution in [0.3, 0.4) is 0 Å². The van der Waals surface area contributed by atoms with Crippen LogP contribution in [0.25, 0.3) is 0 Å². The van der Waals surface area contributed by atoms with E-state index in [4.69, 9.17) is 0 Å². The molecule has 1 aromatic carbocycles. The van der Waals surface area contributed by atoms with Crippen LogP contribution in [0.2, 0.25) is 0 Å². The second kappa shape index (κ2) is 9.19. The quantitative estimate of drug-likeness (QED) is 0.492. The first kappa shape index (κ1) is 21.2. The van der Waals surface area contributed by atoms with Crippen LogP contribution in [0.1, 0.15) is 33.6 Å². The molecule has 4 N–H and O–H groups in total. The Morgan fingerprint density at radius 2 is 1.85 bits per heavy atom. The Kier molecular flexibility index (Phi) is 7.21. The van der Waals surface area contributed by atoms with Gasteiger partial charge in [-0.05, 0) is 49.9 Å². The minimum Gasteiger partial charge on any atom is -0.426 e. The van der Waals surface area contributed by atoms with Crippen LogP contribution < -0.4 is 15.5 Å². The van der Waals surface area contributed by atoms with E-state index in [2.05, 4.69) is 10.6 Å². The number of benzene rings is 1. The molecule has 7 nitrogen and oxygen atoms in total. The molecule has 9 heteroatoms. The molecule has 0 saturated carbocycles. The van der Waals surface area contributed by atoms with Crippen LogP contribution in [0.5, 0.6) is 0 Å². The zero-order valence-corrected chi connectivity index (χ0v) is 15.9. The minimum absolute atomic E-state index is 0.168. The molecule has 0 bridgehead atoms. The van der Waals surface area contributed by atoms with Crippen molar-refractivity contribution in [3.05, 3.63) is 30.1 Å². The van der Waals surface area contributed by atoms with Gasteiger partial charge in [-0.3, -0.25) is 9.59 Å². The molecule has 1 aliphatic heterocycles. The molecule has 1 heterocycles. The third kappa shape index (κ3) is 5.67. The molecule has 2 rings (SSSR count). The first-order valence-corrected chi connectivity index (χ1v) is 9.18. The van der Waals surface area contributed by atoms with Gasteiger partial charge in [-0.15, -0.1) is 0 Å². The molecular formula is C18H27BFN3O4. The maximum atomic E-state index is 13.1. The average molecular weight is 379 g/mol. The first-order valence-electron chi connectivity index (χ1n) is 9.18. The van der Waals surface area contributed by atoms with E-state index in [1.165, 1.54) is 12.1 Å². The lowest BCUT2D eigenvalue weighted by Crippen LogP contribution is -2.60. The summed E-state index contributed by atoms with van der Waals surface area (Å²) in [6.45, 7) is 6.04. The van der Waals surface area contributed by atoms with Crippen LogP contribution in [-0.2, 0) is 9.59 Å². The Hall–Kier alpha value is -2.13. The lowest BCUT2D eigenvalue weighted by atomic mass is 9.75. The normalized spacial score (nSPS) is 18.5. The van der Waals surface area contributed by atoms with Crippen molar-refractivity contribution in [3.63, 3.8) is 0 Å². The van der Waals surface area contributed by atoms with Crippen LogP contribution in [0.15, 0.2) is 24.3 Å². The van der Waals surface area contributed by atoms with Gasteiger partial charge in [0.2, 0.25) is 11.8 Å². The summed E-state index contributed by atoms with van der Waals surface area (Å²) >= 11 is 0. The fourth-order valence-electron chi connectivity index (χ4n) is 3.05. The summed E-state index contributed by atoms with van der Waals surface area (Å²) in [5.74, 6) is -1.74. The molecule has 0 aliphatic carbocycles. The molecule has 148 valence electrons. The summed E-state index contributed by atoms with van der Waals surface area (Å²) in [7, 11) is -1.67. The number of nitrogens with zero attached hydrogens (tertiary/aromatic N) is 1. The lowest BCUT2D eigenvalue weighted by Gasteiger charge is -2.42. The largest absolute Gasteiger partial charge is 0.475 e. The van der Waals surface area contributed by atoms with E-state index >= 15 is 0 Å². The summed E-state index contributed by atoms with van der Waals surface area (Å²) in [6, 6.07) is 4.68. The van der Waals surface area contributed by atoms with E-state index < -0.39 is 31.1 Å². The highest BCUT2D eigenvalue weighted by atomic mass is 19.1. The molecule has 1 fully saturated rings. The number of amides is 2. The van der Waals surface area contributed by atoms with Crippen molar-refractivity contribution in [2.24, 2.45) is 5.92 Å². The maximum absolute atomic E-state index is 13.1. The van der Waals surface area contributed by atoms with E-state index in [9.17, 15) is 24.0 Å². The zero-order chi connectivity index (χ0) is 20.1. The second-order valence-corrected chi connectivity index (χ2v) is 7.36. The Morgan fingerprint density at radius 1 is 1.22 bits per heavy atom. The van der Waals surface area contributed by atoms with Crippen molar-refractivity contribution < 1.29 is 24.0 Å². The van der Waals surface area contributed by atoms with Gasteiger partial charge in [0.25, 0.3) is 0 Å². The monoisotopic (exact) mass is 379 g/mol. The average Bonchev–Trinajstić information content (AvgIpc) is 2.54. The van der Waals surface area contributed by atoms with Gasteiger partial charge in [-0.2, -0.15) is 0 Å². The smallest absolute Gasteiger partial charge is 0.426 e. The standard InChI is InChI=1S/C18H27BFN3O4/c1-11(2)10-16(19(26)27)22-17(24)12(3)21-18(25)15-8-9-23(15)14-6-4-13(20)5-7-14/h4-7,11-12,15-16,26-27H,8-10H2,1-3H3,(H,21,25)(H,22,24)/t12-,15-,16+/m0/s1. The predicted octanol–water partition coefficient (Wildman–Crippen LogP) is 0.452. The SMILES string of the molecule is CC(C)C[C@@H](NC(=O)[C@H](C)NC(=O)[C@@H]1CCN1c1ccc(F)cc1)B(O)O. The van der Waals surface area contributed by atoms with Gasteiger partial charge in [0.15, 0.2) is 0 Å². The number of nitrogens with one attached hydrogen (secondary N) is 2. The van der Waals surface area contributed by atoms with Gasteiger partial charge in [-0.25, -0.2) is 4.39 Å². The number of anilines is 1. The molecule has 0 aromatic heterocycles. The minimum atomic E-state index is -1.67. The summed E-state index contributed by atoms with van der Waals surface area (Å²) in [4.78, 5) is 26.6. The van der Waals surface area contributed by atoms with Crippen LogP contribution >= 0.6 is 0 Å². The van der Waals surface area contributed by atoms with Gasteiger partial charge in [-0.1, -0.05) is 13.8 Å². The zero-order valence-electron chi connectivity index (χ0n) is 15.9. The summed E-state index contributed by atoms with van der Waals surface area (Å²) in [6.07, 6.45) is 1.05. The second-order valence-electron chi connectivity index (χ2n) is 7.36. The summed E-state index contributed by atoms with van der Waals surface area (Å²) < 4.78 is 13.1. The van der Waals surface area contributed by atoms with Gasteiger partial charge in [0, 0.05) is 12.2 Å². The molecule has 1 saturated heterocycles. The fourth-order valence-corrected chi connectivity index (χ4v) is 3.05. The molecular weight excluding hydrogens is 352 g/mol. The van der Waals surface area contributed by atoms with Gasteiger partial charge >= 0.3 is 7.12 Å². The Morgan fingerprint density at radius 3 is 2.33 bits per heavy atom. The Balaban J connectivity index is 1.90. The maximum Gasteiger partial charge on any atom is 0.475 e. The highest BCUT2D eigenvalue weighted by molar-refractivity contribution is 6.43. The molecule has 3 atom stereocenters. The van der Waals surface area contributed by atoms with Gasteiger partial charge in [0.05, 0.1) is 5.94 Å². The molecule has 0 spiro atoms. The van der Waals surface area contributed by atoms with Crippen LogP contribution in [-0.4, -0.2) is 53.6 Å². The Labute approximate surface area is 159 Å². The molecule has 1 aromatic rings. The highest BCUT2D eigenvalue weighted by Crippen LogP contribution is 2.26. The van der Waals surface area contributed by atoms with E-state index in [0.717, 1.165) is 5.69 Å². The third-order valence-electron chi connectivity index (χ3n) is 4.65. The Bertz CT molecular complexity index is 657. The molecule has 0 unspecified atom stereocenters. The van der Waals surface area contributed by atoms with Gasteiger partial charge in [0.1, 0.15) is 17.9 Å². The van der Waals surface area contributed by atoms with Gasteiger partial charge < -0.3 is 25.6 Å². The van der Waals surface area contributed by atoms with Crippen molar-refractivity contribution >= 4 is 24.6 Å². The molecule has 27 heavy (non-hydrogen) atoms. The number of carbonyl (C=O) groups is 2. The van der Waals surface area contributed by atoms with E-state index in [1.807, 2.05) is 18.7 Å². The predicted molar refractivity (Wildman–Crippen MR) is 101 cm³/mol. The fraction of sp³-hybridized carbons (Fsp3) is 0.556. The third-order valence-corrected chi connectivity index (χ3v) is 4.65. The van der Waals surface area contributed by atoms with Crippen molar-refractivity contribution in [3.8, 4) is 0 Å². The summed E-state index contributed by atoms with van der Waals surface area (Å²) in [5.41, 5.74) is 0.750. The van der Waals surface area contributed by atoms with Crippen molar-refractivity contribution in [2.45, 2.75) is 51.6 Å². The molecule has 1 aliphatic rings. The number of carbonyl (C=O) groups excluding carboxylic acids is 2. The van der Waals surface area contributed by atoms with Crippen molar-refractivity contribution in [2.75, 3.05) is 11.4 Å². The van der Waals surface area contributed by atoms with Crippen molar-refractivity contribution in [1.82, 2.24) is 10.6 Å². The molecule has 0 radical (unpaired) electrons. The number of hydrogen-bond acceptors (Lipinski definition) is 5. The van der Waals surface area contributed by atoms with Crippen molar-refractivity contribution in [1.29, 1.82) is 0 Å². The topological polar surface area (TPSA) is 102 Å². The van der Waals surface area contributed by atoms with E-state index in [0.29, 0.717) is 19.4 Å². The van der Waals surface area contributed by atoms with Crippen LogP contribution in [0, 0.1) is 11.7 Å². The summed E-state index contributed by atoms with van der Waals surface area (Å²) in [5, 5.41) is 24.0. The highest BCUT2D eigenvalue weighted by Gasteiger charge is 2.36. The van der Waals surface area contributed by atoms with E-state index in [1.54, 1.807) is 19.1 Å². The molecule has 2 amide bonds. The number of hydrogen-bond donors (Lipinski definition) is 4.